The van der Waals surface area contributed by atoms with Crippen LogP contribution in [0.5, 0.6) is 0 Å². The zero-order valence-corrected chi connectivity index (χ0v) is 10.7. The Bertz CT molecular complexity index is 285. The van der Waals surface area contributed by atoms with Gasteiger partial charge in [-0.05, 0) is 25.8 Å². The highest BCUT2D eigenvalue weighted by Crippen LogP contribution is 2.31. The van der Waals surface area contributed by atoms with Gasteiger partial charge >= 0.3 is 5.97 Å². The lowest BCUT2D eigenvalue weighted by molar-refractivity contribution is -0.143. The molecular formula is C12H22N2O3. The molecule has 1 aliphatic heterocycles. The first kappa shape index (κ1) is 14.0. The molecule has 1 fully saturated rings. The second-order valence-electron chi connectivity index (χ2n) is 4.78. The maximum absolute atomic E-state index is 12.4. The number of carbonyl (C=O) groups is 2. The molecule has 0 aromatic carbocycles. The van der Waals surface area contributed by atoms with Crippen LogP contribution in [0.1, 0.15) is 32.6 Å². The average Bonchev–Trinajstić information content (AvgIpc) is 2.35. The summed E-state index contributed by atoms with van der Waals surface area (Å²) in [6.07, 6.45) is 2.71. The summed E-state index contributed by atoms with van der Waals surface area (Å²) in [5.41, 5.74) is -0.328. The molecule has 1 amide bonds. The number of piperidine rings is 1. The molecular weight excluding hydrogens is 220 g/mol. The maximum Gasteiger partial charge on any atom is 0.305 e. The normalized spacial score (nSPS) is 24.4. The van der Waals surface area contributed by atoms with Crippen molar-refractivity contribution in [2.24, 2.45) is 5.41 Å². The van der Waals surface area contributed by atoms with Crippen molar-refractivity contribution in [1.82, 2.24) is 10.2 Å². The number of carbonyl (C=O) groups excluding carboxylic acids is 1. The van der Waals surface area contributed by atoms with Crippen molar-refractivity contribution < 1.29 is 14.7 Å². The van der Waals surface area contributed by atoms with Crippen molar-refractivity contribution >= 4 is 11.9 Å². The quantitative estimate of drug-likeness (QED) is 0.744. The van der Waals surface area contributed by atoms with Crippen molar-refractivity contribution in [2.45, 2.75) is 32.6 Å². The third-order valence-electron chi connectivity index (χ3n) is 3.61. The molecule has 0 bridgehead atoms. The summed E-state index contributed by atoms with van der Waals surface area (Å²) in [6, 6.07) is 0. The second-order valence-corrected chi connectivity index (χ2v) is 4.78. The van der Waals surface area contributed by atoms with E-state index in [0.29, 0.717) is 6.54 Å². The van der Waals surface area contributed by atoms with Gasteiger partial charge in [0.05, 0.1) is 11.8 Å². The third kappa shape index (κ3) is 3.43. The Balaban J connectivity index is 2.61. The summed E-state index contributed by atoms with van der Waals surface area (Å²) in [6.45, 7) is 3.99. The van der Waals surface area contributed by atoms with Crippen molar-refractivity contribution in [3.05, 3.63) is 0 Å². The van der Waals surface area contributed by atoms with Crippen LogP contribution in [0.25, 0.3) is 0 Å². The predicted octanol–water partition coefficient (Wildman–Crippen LogP) is 0.699. The summed E-state index contributed by atoms with van der Waals surface area (Å²) >= 11 is 0. The highest BCUT2D eigenvalue weighted by molar-refractivity contribution is 5.83. The van der Waals surface area contributed by atoms with E-state index in [9.17, 15) is 9.59 Å². The molecule has 2 N–H and O–H groups in total. The summed E-state index contributed by atoms with van der Waals surface area (Å²) in [5.74, 6) is -0.787. The molecule has 1 unspecified atom stereocenters. The van der Waals surface area contributed by atoms with E-state index >= 15 is 0 Å². The standard InChI is InChI=1S/C12H22N2O3/c1-3-12(6-4-7-13-9-12)11(17)14(2)8-5-10(15)16/h13H,3-9H2,1-2H3,(H,15,16). The molecule has 98 valence electrons. The number of aliphatic carboxylic acids is 1. The van der Waals surface area contributed by atoms with Gasteiger partial charge < -0.3 is 15.3 Å². The van der Waals surface area contributed by atoms with Crippen molar-refractivity contribution in [3.63, 3.8) is 0 Å². The fourth-order valence-corrected chi connectivity index (χ4v) is 2.37. The minimum atomic E-state index is -0.864. The molecule has 0 aromatic rings. The van der Waals surface area contributed by atoms with E-state index in [0.717, 1.165) is 25.8 Å². The molecule has 1 aliphatic rings. The van der Waals surface area contributed by atoms with Gasteiger partial charge in [0.1, 0.15) is 0 Å². The van der Waals surface area contributed by atoms with E-state index in [-0.39, 0.29) is 24.3 Å². The summed E-state index contributed by atoms with van der Waals surface area (Å²) in [7, 11) is 1.69. The SMILES string of the molecule is CCC1(C(=O)N(C)CCC(=O)O)CCCNC1. The number of nitrogens with one attached hydrogen (secondary N) is 1. The van der Waals surface area contributed by atoms with Crippen LogP contribution in [0.15, 0.2) is 0 Å². The Labute approximate surface area is 102 Å². The predicted molar refractivity (Wildman–Crippen MR) is 64.7 cm³/mol. The molecule has 5 nitrogen and oxygen atoms in total. The van der Waals surface area contributed by atoms with Gasteiger partial charge in [-0.25, -0.2) is 0 Å². The van der Waals surface area contributed by atoms with E-state index < -0.39 is 5.97 Å². The number of nitrogens with zero attached hydrogens (tertiary/aromatic N) is 1. The van der Waals surface area contributed by atoms with E-state index in [1.807, 2.05) is 6.92 Å². The van der Waals surface area contributed by atoms with Crippen LogP contribution in [0.3, 0.4) is 0 Å². The zero-order chi connectivity index (χ0) is 12.9. The van der Waals surface area contributed by atoms with Gasteiger partial charge in [0.25, 0.3) is 0 Å². The van der Waals surface area contributed by atoms with E-state index in [1.165, 1.54) is 0 Å². The molecule has 0 spiro atoms. The zero-order valence-electron chi connectivity index (χ0n) is 10.7. The average molecular weight is 242 g/mol. The van der Waals surface area contributed by atoms with Gasteiger partial charge in [-0.3, -0.25) is 9.59 Å². The van der Waals surface area contributed by atoms with Gasteiger partial charge in [0, 0.05) is 20.1 Å². The van der Waals surface area contributed by atoms with Gasteiger partial charge in [0.2, 0.25) is 5.91 Å². The minimum Gasteiger partial charge on any atom is -0.481 e. The Morgan fingerprint density at radius 3 is 2.65 bits per heavy atom. The second kappa shape index (κ2) is 6.00. The Morgan fingerprint density at radius 2 is 2.18 bits per heavy atom. The fraction of sp³-hybridized carbons (Fsp3) is 0.833. The lowest BCUT2D eigenvalue weighted by Gasteiger charge is -2.38. The molecule has 0 radical (unpaired) electrons. The Hall–Kier alpha value is -1.10. The van der Waals surface area contributed by atoms with Crippen molar-refractivity contribution in [1.29, 1.82) is 0 Å². The Kier molecular flexibility index (Phi) is 4.93. The van der Waals surface area contributed by atoms with Gasteiger partial charge in [-0.1, -0.05) is 6.92 Å². The number of carboxylic acids is 1. The lowest BCUT2D eigenvalue weighted by atomic mass is 9.77. The van der Waals surface area contributed by atoms with Gasteiger partial charge in [-0.2, -0.15) is 0 Å². The smallest absolute Gasteiger partial charge is 0.305 e. The molecule has 5 heteroatoms. The molecule has 0 aliphatic carbocycles. The number of hydrogen-bond donors (Lipinski definition) is 2. The topological polar surface area (TPSA) is 69.6 Å². The monoisotopic (exact) mass is 242 g/mol. The van der Waals surface area contributed by atoms with E-state index in [4.69, 9.17) is 5.11 Å². The first-order valence-electron chi connectivity index (χ1n) is 6.20. The van der Waals surface area contributed by atoms with Crippen LogP contribution in [0.2, 0.25) is 0 Å². The lowest BCUT2D eigenvalue weighted by Crippen LogP contribution is -2.51. The summed E-state index contributed by atoms with van der Waals surface area (Å²) in [5, 5.41) is 11.9. The fourth-order valence-electron chi connectivity index (χ4n) is 2.37. The molecule has 1 atom stereocenters. The number of hydrogen-bond acceptors (Lipinski definition) is 3. The first-order valence-corrected chi connectivity index (χ1v) is 6.20. The van der Waals surface area contributed by atoms with E-state index in [2.05, 4.69) is 5.32 Å². The van der Waals surface area contributed by atoms with Crippen LogP contribution >= 0.6 is 0 Å². The number of amides is 1. The maximum atomic E-state index is 12.4. The molecule has 1 saturated heterocycles. The minimum absolute atomic E-state index is 0.00939. The van der Waals surface area contributed by atoms with Crippen LogP contribution in [0.4, 0.5) is 0 Å². The van der Waals surface area contributed by atoms with Crippen LogP contribution < -0.4 is 5.32 Å². The highest BCUT2D eigenvalue weighted by atomic mass is 16.4. The first-order chi connectivity index (χ1) is 8.02. The van der Waals surface area contributed by atoms with Crippen molar-refractivity contribution in [2.75, 3.05) is 26.7 Å². The molecule has 1 heterocycles. The van der Waals surface area contributed by atoms with Gasteiger partial charge in [0.15, 0.2) is 0 Å². The van der Waals surface area contributed by atoms with Crippen LogP contribution in [0, 0.1) is 5.41 Å². The third-order valence-corrected chi connectivity index (χ3v) is 3.61. The Morgan fingerprint density at radius 1 is 1.47 bits per heavy atom. The van der Waals surface area contributed by atoms with Crippen LogP contribution in [-0.4, -0.2) is 48.6 Å². The largest absolute Gasteiger partial charge is 0.481 e. The van der Waals surface area contributed by atoms with E-state index in [1.54, 1.807) is 11.9 Å². The van der Waals surface area contributed by atoms with Crippen molar-refractivity contribution in [3.8, 4) is 0 Å². The molecule has 1 rings (SSSR count). The van der Waals surface area contributed by atoms with Gasteiger partial charge in [-0.15, -0.1) is 0 Å². The summed E-state index contributed by atoms with van der Waals surface area (Å²) < 4.78 is 0. The number of carboxylic acid groups (broad SMARTS) is 1. The molecule has 17 heavy (non-hydrogen) atoms. The van der Waals surface area contributed by atoms with Crippen LogP contribution in [-0.2, 0) is 9.59 Å². The summed E-state index contributed by atoms with van der Waals surface area (Å²) in [4.78, 5) is 24.4. The molecule has 0 aromatic heterocycles. The highest BCUT2D eigenvalue weighted by Gasteiger charge is 2.39. The number of rotatable bonds is 5. The molecule has 0 saturated carbocycles.